The van der Waals surface area contributed by atoms with Gasteiger partial charge in [-0.05, 0) is 63.1 Å². The van der Waals surface area contributed by atoms with Crippen LogP contribution >= 0.6 is 8.38 Å². The van der Waals surface area contributed by atoms with Crippen molar-refractivity contribution in [1.29, 1.82) is 0 Å². The molecule has 19 heteroatoms. The second kappa shape index (κ2) is 18.4. The van der Waals surface area contributed by atoms with E-state index >= 15 is 0 Å². The highest BCUT2D eigenvalue weighted by molar-refractivity contribution is 7.46. The zero-order chi connectivity index (χ0) is 43.5. The van der Waals surface area contributed by atoms with Gasteiger partial charge >= 0.3 is 11.4 Å². The van der Waals surface area contributed by atoms with Crippen molar-refractivity contribution in [3.63, 3.8) is 0 Å². The van der Waals surface area contributed by atoms with Gasteiger partial charge in [-0.2, -0.15) is 9.97 Å². The average molecular weight is 858 g/mol. The highest BCUT2D eigenvalue weighted by atomic mass is 31.2. The number of benzene rings is 2. The first-order valence-electron chi connectivity index (χ1n) is 20.0. The van der Waals surface area contributed by atoms with Crippen molar-refractivity contribution in [3.8, 4) is 0 Å². The fraction of sp³-hybridized carbons (Fsp3) is 0.452. The smallest absolute Gasteiger partial charge is 0.351 e. The van der Waals surface area contributed by atoms with Gasteiger partial charge in [0.05, 0.1) is 12.2 Å². The molecule has 4 saturated heterocycles. The van der Waals surface area contributed by atoms with E-state index in [2.05, 4.69) is 25.4 Å². The monoisotopic (exact) mass is 857 g/mol. The zero-order valence-electron chi connectivity index (χ0n) is 34.2. The van der Waals surface area contributed by atoms with Crippen molar-refractivity contribution >= 4 is 31.8 Å². The lowest BCUT2D eigenvalue weighted by Crippen LogP contribution is -2.46. The summed E-state index contributed by atoms with van der Waals surface area (Å²) in [6.45, 7) is 17.0. The third-order valence-corrected chi connectivity index (χ3v) is 12.6. The Hall–Kier alpha value is -5.22. The predicted molar refractivity (Wildman–Crippen MR) is 222 cm³/mol. The number of amides is 2. The maximum absolute atomic E-state index is 12.9. The van der Waals surface area contributed by atoms with Gasteiger partial charge in [0.25, 0.3) is 11.8 Å². The van der Waals surface area contributed by atoms with Crippen molar-refractivity contribution in [3.05, 3.63) is 129 Å². The SMILES string of the molecule is CC[C@]12O[C@@H](n3ccc(NC(=O)c4ccccc4)nc3=O)[C@H](O[C@H]1C)[C@@H]2O.[C-]#[N+]CCOP(C)O[C@H]1[C@H]2O[C@@H](C)[C@]1(CC)O[C@H]2n1ccc(NC(=O)c2ccccc2)nc1=O. The fourth-order valence-electron chi connectivity index (χ4n) is 8.27. The zero-order valence-corrected chi connectivity index (χ0v) is 35.1. The molecule has 0 aliphatic carbocycles. The molecule has 4 bridgehead atoms. The molecule has 4 fully saturated rings. The van der Waals surface area contributed by atoms with E-state index in [4.69, 9.17) is 34.6 Å². The number of aromatic nitrogens is 4. The molecule has 0 saturated carbocycles. The van der Waals surface area contributed by atoms with Crippen LogP contribution in [0, 0.1) is 6.57 Å². The molecule has 2 amide bonds. The standard InChI is InChI=1S/C23H27N4O6P.C19H21N3O5/c1-5-23-15(2)31-18(19(23)33-34(4)30-14-12-24-3)21(32-23)27-13-11-17(26-22(27)29)25-20(28)16-9-7-6-8-10-16;1-3-19-11(2)26-14(15(19)23)17(27-19)22-10-9-13(21-18(22)25)20-16(24)12-7-5-4-6-8-12/h6-11,13,15,18-19,21H,5,12,14H2,1-2,4H3,(H,25,26,28,29);4-11,14-15,17,23H,3H2,1-2H3,(H,20,21,24,25)/t15-,18+,19-,21+,23-,34?;11-,14+,15-,17+,19-/m00/s1. The van der Waals surface area contributed by atoms with E-state index in [-0.39, 0.29) is 42.2 Å². The van der Waals surface area contributed by atoms with E-state index in [1.807, 2.05) is 46.5 Å². The number of aliphatic hydroxyl groups excluding tert-OH is 1. The van der Waals surface area contributed by atoms with Gasteiger partial charge in [-0.1, -0.05) is 50.2 Å². The number of anilines is 2. The van der Waals surface area contributed by atoms with Crippen LogP contribution in [0.25, 0.3) is 4.85 Å². The Morgan fingerprint density at radius 2 is 1.28 bits per heavy atom. The van der Waals surface area contributed by atoms with Crippen LogP contribution in [0.2, 0.25) is 0 Å². The quantitative estimate of drug-likeness (QED) is 0.0960. The lowest BCUT2D eigenvalue weighted by atomic mass is 9.91. The number of nitrogens with zero attached hydrogens (tertiary/aromatic N) is 5. The topological polar surface area (TPSA) is 208 Å². The summed E-state index contributed by atoms with van der Waals surface area (Å²) >= 11 is 0. The van der Waals surface area contributed by atoms with Crippen LogP contribution in [0.3, 0.4) is 0 Å². The molecular weight excluding hydrogens is 809 g/mol. The van der Waals surface area contributed by atoms with E-state index in [1.165, 1.54) is 27.6 Å². The number of rotatable bonds is 13. The Morgan fingerprint density at radius 1 is 0.803 bits per heavy atom. The maximum Gasteiger partial charge on any atom is 0.351 e. The molecule has 0 spiro atoms. The van der Waals surface area contributed by atoms with Crippen LogP contribution in [0.4, 0.5) is 11.6 Å². The van der Waals surface area contributed by atoms with E-state index in [1.54, 1.807) is 54.6 Å². The first kappa shape index (κ1) is 43.9. The minimum atomic E-state index is -1.26. The highest BCUT2D eigenvalue weighted by Crippen LogP contribution is 2.55. The van der Waals surface area contributed by atoms with E-state index < -0.39 is 67.8 Å². The molecule has 322 valence electrons. The third kappa shape index (κ3) is 8.53. The molecule has 4 aliphatic rings. The van der Waals surface area contributed by atoms with Gasteiger partial charge in [0.2, 0.25) is 6.54 Å². The number of carbonyl (C=O) groups is 2. The summed E-state index contributed by atoms with van der Waals surface area (Å²) in [5, 5.41) is 15.8. The number of fused-ring (bicyclic) bond motifs is 4. The van der Waals surface area contributed by atoms with Crippen LogP contribution < -0.4 is 22.0 Å². The molecule has 2 aromatic carbocycles. The average Bonchev–Trinajstić information content (AvgIpc) is 3.90. The molecule has 11 atom stereocenters. The minimum Gasteiger partial charge on any atom is -0.387 e. The summed E-state index contributed by atoms with van der Waals surface area (Å²) < 4.78 is 38.9. The summed E-state index contributed by atoms with van der Waals surface area (Å²) in [6, 6.07) is 20.4. The van der Waals surface area contributed by atoms with E-state index in [9.17, 15) is 24.3 Å². The molecule has 3 N–H and O–H groups in total. The van der Waals surface area contributed by atoms with Crippen molar-refractivity contribution in [1.82, 2.24) is 19.1 Å². The van der Waals surface area contributed by atoms with Crippen LogP contribution in [0.5, 0.6) is 0 Å². The largest absolute Gasteiger partial charge is 0.387 e. The van der Waals surface area contributed by atoms with Crippen LogP contribution in [0.15, 0.2) is 94.8 Å². The maximum atomic E-state index is 12.9. The molecule has 61 heavy (non-hydrogen) atoms. The number of aliphatic hydroxyl groups is 1. The fourth-order valence-corrected chi connectivity index (χ4v) is 9.29. The summed E-state index contributed by atoms with van der Waals surface area (Å²) in [7, 11) is -1.26. The van der Waals surface area contributed by atoms with Crippen molar-refractivity contribution in [2.75, 3.05) is 30.5 Å². The number of hydrogen-bond donors (Lipinski definition) is 3. The molecule has 0 radical (unpaired) electrons. The number of nitrogens with one attached hydrogen (secondary N) is 2. The van der Waals surface area contributed by atoms with Gasteiger partial charge in [-0.15, -0.1) is 0 Å². The van der Waals surface area contributed by atoms with Gasteiger partial charge in [0.1, 0.15) is 53.9 Å². The Morgan fingerprint density at radius 3 is 1.75 bits per heavy atom. The third-order valence-electron chi connectivity index (χ3n) is 11.5. The Balaban J connectivity index is 0.000000189. The summed E-state index contributed by atoms with van der Waals surface area (Å²) in [5.74, 6) is -0.412. The highest BCUT2D eigenvalue weighted by Gasteiger charge is 2.67. The number of hydrogen-bond acceptors (Lipinski definition) is 13. The Kier molecular flexibility index (Phi) is 13.2. The predicted octanol–water partition coefficient (Wildman–Crippen LogP) is 4.54. The summed E-state index contributed by atoms with van der Waals surface area (Å²) in [4.78, 5) is 61.2. The van der Waals surface area contributed by atoms with Gasteiger partial charge in [-0.3, -0.25) is 18.7 Å². The molecule has 4 aromatic rings. The van der Waals surface area contributed by atoms with Crippen molar-refractivity contribution < 1.29 is 42.7 Å². The van der Waals surface area contributed by atoms with Crippen molar-refractivity contribution in [2.45, 2.75) is 101 Å². The summed E-state index contributed by atoms with van der Waals surface area (Å²) in [6.07, 6.45) is -0.185. The lowest BCUT2D eigenvalue weighted by Gasteiger charge is -2.36. The molecule has 8 rings (SSSR count). The van der Waals surface area contributed by atoms with Gasteiger partial charge in [-0.25, -0.2) is 16.2 Å². The molecular formula is C42H48N7O11P. The molecule has 2 aromatic heterocycles. The first-order chi connectivity index (χ1) is 29.3. The number of carbonyl (C=O) groups excluding carboxylic acids is 2. The molecule has 4 aliphatic heterocycles. The van der Waals surface area contributed by atoms with Crippen molar-refractivity contribution in [2.24, 2.45) is 0 Å². The number of ether oxygens (including phenoxy) is 4. The summed E-state index contributed by atoms with van der Waals surface area (Å²) in [5.41, 5.74) is -1.80. The first-order valence-corrected chi connectivity index (χ1v) is 21.6. The van der Waals surface area contributed by atoms with Crippen LogP contribution in [0.1, 0.15) is 73.7 Å². The molecule has 18 nitrogen and oxygen atoms in total. The van der Waals surface area contributed by atoms with Gasteiger partial charge < -0.3 is 48.6 Å². The van der Waals surface area contributed by atoms with E-state index in [0.29, 0.717) is 30.6 Å². The lowest BCUT2D eigenvalue weighted by molar-refractivity contribution is -0.208. The Labute approximate surface area is 352 Å². The van der Waals surface area contributed by atoms with Gasteiger partial charge in [0.15, 0.2) is 20.8 Å². The van der Waals surface area contributed by atoms with Crippen LogP contribution in [-0.2, 0) is 28.0 Å². The second-order valence-corrected chi connectivity index (χ2v) is 16.2. The Bertz CT molecular complexity index is 2360. The minimum absolute atomic E-state index is 0.147. The van der Waals surface area contributed by atoms with Crippen LogP contribution in [-0.4, -0.2) is 104 Å². The van der Waals surface area contributed by atoms with E-state index in [0.717, 1.165) is 0 Å². The normalized spacial score (nSPS) is 29.9. The molecule has 6 heterocycles. The molecule has 1 unspecified atom stereocenters. The second-order valence-electron chi connectivity index (χ2n) is 14.9. The van der Waals surface area contributed by atoms with Gasteiger partial charge in [0, 0.05) is 30.2 Å².